The van der Waals surface area contributed by atoms with Gasteiger partial charge in [-0.05, 0) is 42.0 Å². The van der Waals surface area contributed by atoms with Crippen LogP contribution < -0.4 is 5.32 Å². The normalized spacial score (nSPS) is 11.5. The molecule has 0 aliphatic carbocycles. The molecule has 4 nitrogen and oxygen atoms in total. The topological polar surface area (TPSA) is 46.9 Å². The van der Waals surface area contributed by atoms with Crippen molar-refractivity contribution in [2.24, 2.45) is 0 Å². The van der Waals surface area contributed by atoms with Crippen molar-refractivity contribution in [2.75, 3.05) is 0 Å². The fraction of sp³-hybridized carbons (Fsp3) is 0.158. The standard InChI is InChI=1S/C19H13Cl2F4N3O/c20-12-2-1-3-13(8-12)28-14(9-17(27-28)19(23,24)25)10-26-18(29)7-11-4-5-15(21)16(22)6-11/h1-6,8-9H,7,10H2,(H,26,29). The van der Waals surface area contributed by atoms with Crippen molar-refractivity contribution >= 4 is 29.1 Å². The number of carbonyl (C=O) groups is 1. The van der Waals surface area contributed by atoms with E-state index in [-0.39, 0.29) is 23.7 Å². The molecule has 10 heteroatoms. The molecule has 29 heavy (non-hydrogen) atoms. The third-order valence-electron chi connectivity index (χ3n) is 3.94. The summed E-state index contributed by atoms with van der Waals surface area (Å²) in [7, 11) is 0. The number of halogens is 6. The highest BCUT2D eigenvalue weighted by molar-refractivity contribution is 6.31. The second-order valence-electron chi connectivity index (χ2n) is 6.11. The van der Waals surface area contributed by atoms with Crippen LogP contribution in [0.2, 0.25) is 10.0 Å². The smallest absolute Gasteiger partial charge is 0.350 e. The van der Waals surface area contributed by atoms with Crippen molar-refractivity contribution in [2.45, 2.75) is 19.1 Å². The molecule has 1 amide bonds. The van der Waals surface area contributed by atoms with Gasteiger partial charge in [-0.25, -0.2) is 9.07 Å². The van der Waals surface area contributed by atoms with E-state index in [0.717, 1.165) is 16.8 Å². The first kappa shape index (κ1) is 21.1. The van der Waals surface area contributed by atoms with E-state index in [9.17, 15) is 22.4 Å². The summed E-state index contributed by atoms with van der Waals surface area (Å²) < 4.78 is 53.8. The van der Waals surface area contributed by atoms with Crippen LogP contribution in [-0.4, -0.2) is 15.7 Å². The maximum absolute atomic E-state index is 13.5. The number of carbonyl (C=O) groups excluding carboxylic acids is 1. The zero-order chi connectivity index (χ0) is 21.2. The number of aromatic nitrogens is 2. The van der Waals surface area contributed by atoms with Crippen LogP contribution in [-0.2, 0) is 23.9 Å². The Morgan fingerprint density at radius 2 is 1.86 bits per heavy atom. The van der Waals surface area contributed by atoms with E-state index in [1.807, 2.05) is 0 Å². The number of nitrogens with one attached hydrogen (secondary N) is 1. The van der Waals surface area contributed by atoms with Gasteiger partial charge >= 0.3 is 6.18 Å². The minimum Gasteiger partial charge on any atom is -0.350 e. The maximum atomic E-state index is 13.5. The van der Waals surface area contributed by atoms with Crippen molar-refractivity contribution < 1.29 is 22.4 Å². The predicted molar refractivity (Wildman–Crippen MR) is 101 cm³/mol. The van der Waals surface area contributed by atoms with Gasteiger partial charge in [-0.15, -0.1) is 0 Å². The Labute approximate surface area is 173 Å². The minimum absolute atomic E-state index is 0.0701. The van der Waals surface area contributed by atoms with Gasteiger partial charge < -0.3 is 5.32 Å². The van der Waals surface area contributed by atoms with Gasteiger partial charge in [0, 0.05) is 5.02 Å². The zero-order valence-corrected chi connectivity index (χ0v) is 16.1. The maximum Gasteiger partial charge on any atom is 0.435 e. The molecule has 3 rings (SSSR count). The number of nitrogens with zero attached hydrogens (tertiary/aromatic N) is 2. The summed E-state index contributed by atoms with van der Waals surface area (Å²) in [6, 6.07) is 10.9. The van der Waals surface area contributed by atoms with Crippen LogP contribution in [0.1, 0.15) is 17.0 Å². The van der Waals surface area contributed by atoms with Gasteiger partial charge in [0.25, 0.3) is 0 Å². The van der Waals surface area contributed by atoms with E-state index in [0.29, 0.717) is 16.3 Å². The fourth-order valence-electron chi connectivity index (χ4n) is 2.60. The van der Waals surface area contributed by atoms with Crippen LogP contribution in [0.25, 0.3) is 5.69 Å². The molecule has 0 spiro atoms. The van der Waals surface area contributed by atoms with Crippen molar-refractivity contribution in [3.63, 3.8) is 0 Å². The molecule has 0 aliphatic heterocycles. The van der Waals surface area contributed by atoms with E-state index in [4.69, 9.17) is 23.2 Å². The van der Waals surface area contributed by atoms with Crippen molar-refractivity contribution in [1.29, 1.82) is 0 Å². The average molecular weight is 446 g/mol. The van der Waals surface area contributed by atoms with Crippen LogP contribution in [0.3, 0.4) is 0 Å². The summed E-state index contributed by atoms with van der Waals surface area (Å²) in [4.78, 5) is 12.1. The Morgan fingerprint density at radius 3 is 2.52 bits per heavy atom. The van der Waals surface area contributed by atoms with Crippen LogP contribution in [0, 0.1) is 5.82 Å². The summed E-state index contributed by atoms with van der Waals surface area (Å²) >= 11 is 11.5. The lowest BCUT2D eigenvalue weighted by Gasteiger charge is -2.09. The molecule has 0 aliphatic rings. The molecule has 3 aromatic rings. The van der Waals surface area contributed by atoms with Crippen molar-refractivity contribution in [3.05, 3.63) is 81.3 Å². The van der Waals surface area contributed by atoms with Crippen LogP contribution in [0.15, 0.2) is 48.5 Å². The summed E-state index contributed by atoms with van der Waals surface area (Å²) in [5.74, 6) is -1.16. The summed E-state index contributed by atoms with van der Waals surface area (Å²) in [6.45, 7) is -0.218. The summed E-state index contributed by atoms with van der Waals surface area (Å²) in [6.07, 6.45) is -4.81. The highest BCUT2D eigenvalue weighted by atomic mass is 35.5. The van der Waals surface area contributed by atoms with Gasteiger partial charge in [0.2, 0.25) is 5.91 Å². The van der Waals surface area contributed by atoms with Crippen molar-refractivity contribution in [1.82, 2.24) is 15.1 Å². The van der Waals surface area contributed by atoms with E-state index in [2.05, 4.69) is 10.4 Å². The van der Waals surface area contributed by atoms with Gasteiger partial charge in [0.1, 0.15) is 5.82 Å². The lowest BCUT2D eigenvalue weighted by Crippen LogP contribution is -2.25. The molecular formula is C19H13Cl2F4N3O. The SMILES string of the molecule is O=C(Cc1ccc(Cl)c(F)c1)NCc1cc(C(F)(F)F)nn1-c1cccc(Cl)c1. The molecule has 1 aromatic heterocycles. The first-order chi connectivity index (χ1) is 13.6. The zero-order valence-electron chi connectivity index (χ0n) is 14.6. The second-order valence-corrected chi connectivity index (χ2v) is 6.96. The largest absolute Gasteiger partial charge is 0.435 e. The van der Waals surface area contributed by atoms with E-state index in [1.54, 1.807) is 18.2 Å². The highest BCUT2D eigenvalue weighted by Gasteiger charge is 2.35. The van der Waals surface area contributed by atoms with E-state index in [1.165, 1.54) is 18.2 Å². The number of hydrogen-bond donors (Lipinski definition) is 1. The van der Waals surface area contributed by atoms with E-state index >= 15 is 0 Å². The van der Waals surface area contributed by atoms with Gasteiger partial charge in [-0.1, -0.05) is 35.3 Å². The fourth-order valence-corrected chi connectivity index (χ4v) is 2.90. The number of rotatable bonds is 5. The molecule has 0 atom stereocenters. The molecule has 2 aromatic carbocycles. The molecule has 0 saturated carbocycles. The number of alkyl halides is 3. The average Bonchev–Trinajstić information content (AvgIpc) is 3.08. The molecule has 1 heterocycles. The van der Waals surface area contributed by atoms with Crippen LogP contribution in [0.4, 0.5) is 17.6 Å². The molecular weight excluding hydrogens is 433 g/mol. The van der Waals surface area contributed by atoms with Crippen LogP contribution >= 0.6 is 23.2 Å². The summed E-state index contributed by atoms with van der Waals surface area (Å²) in [5, 5.41) is 6.36. The third-order valence-corrected chi connectivity index (χ3v) is 4.48. The highest BCUT2D eigenvalue weighted by Crippen LogP contribution is 2.30. The quantitative estimate of drug-likeness (QED) is 0.548. The minimum atomic E-state index is -4.65. The van der Waals surface area contributed by atoms with Crippen LogP contribution in [0.5, 0.6) is 0 Å². The number of amides is 1. The van der Waals surface area contributed by atoms with Gasteiger partial charge in [0.15, 0.2) is 5.69 Å². The third kappa shape index (κ3) is 5.27. The monoisotopic (exact) mass is 445 g/mol. The molecule has 1 N–H and O–H groups in total. The predicted octanol–water partition coefficient (Wildman–Crippen LogP) is 5.20. The molecule has 152 valence electrons. The first-order valence-electron chi connectivity index (χ1n) is 8.26. The van der Waals surface area contributed by atoms with Crippen molar-refractivity contribution in [3.8, 4) is 5.69 Å². The first-order valence-corrected chi connectivity index (χ1v) is 9.02. The van der Waals surface area contributed by atoms with E-state index < -0.39 is 23.6 Å². The molecule has 0 radical (unpaired) electrons. The molecule has 0 unspecified atom stereocenters. The summed E-state index contributed by atoms with van der Waals surface area (Å²) in [5.41, 5.74) is -0.294. The molecule has 0 fully saturated rings. The Morgan fingerprint density at radius 1 is 1.10 bits per heavy atom. The molecule has 0 saturated heterocycles. The van der Waals surface area contributed by atoms with Gasteiger partial charge in [-0.3, -0.25) is 4.79 Å². The number of hydrogen-bond acceptors (Lipinski definition) is 2. The Hall–Kier alpha value is -2.58. The van der Waals surface area contributed by atoms with Gasteiger partial charge in [0.05, 0.1) is 29.4 Å². The second kappa shape index (κ2) is 8.42. The van der Waals surface area contributed by atoms with Gasteiger partial charge in [-0.2, -0.15) is 18.3 Å². The Kier molecular flexibility index (Phi) is 6.14. The lowest BCUT2D eigenvalue weighted by atomic mass is 10.1. The molecule has 0 bridgehead atoms. The number of benzene rings is 2. The lowest BCUT2D eigenvalue weighted by molar-refractivity contribution is -0.141. The Bertz CT molecular complexity index is 1050. The Balaban J connectivity index is 1.79.